The van der Waals surface area contributed by atoms with E-state index < -0.39 is 16.3 Å². The van der Waals surface area contributed by atoms with Crippen LogP contribution < -0.4 is 9.47 Å². The van der Waals surface area contributed by atoms with Crippen LogP contribution in [0, 0.1) is 10.1 Å². The van der Waals surface area contributed by atoms with Crippen molar-refractivity contribution in [1.82, 2.24) is 0 Å². The number of benzene rings is 1. The lowest BCUT2D eigenvalue weighted by Crippen LogP contribution is -2.21. The van der Waals surface area contributed by atoms with Crippen molar-refractivity contribution in [1.29, 1.82) is 0 Å². The van der Waals surface area contributed by atoms with Gasteiger partial charge in [0.1, 0.15) is 6.61 Å². The normalized spacial score (nSPS) is 11.7. The van der Waals surface area contributed by atoms with Gasteiger partial charge >= 0.3 is 5.97 Å². The van der Waals surface area contributed by atoms with Gasteiger partial charge in [0.25, 0.3) is 5.69 Å². The number of ether oxygens (including phenoxy) is 2. The average molecular weight is 276 g/mol. The summed E-state index contributed by atoms with van der Waals surface area (Å²) in [5.41, 5.74) is -0.188. The van der Waals surface area contributed by atoms with Crippen LogP contribution in [-0.4, -0.2) is 35.1 Å². The number of nitro groups is 1. The molecule has 0 aromatic heterocycles. The van der Waals surface area contributed by atoms with Crippen molar-refractivity contribution in [3.8, 4) is 11.5 Å². The van der Waals surface area contributed by atoms with E-state index in [0.717, 1.165) is 6.07 Å². The van der Waals surface area contributed by atoms with Crippen molar-refractivity contribution in [2.24, 2.45) is 0 Å². The zero-order valence-electron chi connectivity index (χ0n) is 9.33. The summed E-state index contributed by atoms with van der Waals surface area (Å²) in [6, 6.07) is 3.75. The van der Waals surface area contributed by atoms with Crippen LogP contribution in [0.3, 0.4) is 0 Å². The predicted molar refractivity (Wildman–Crippen MR) is 62.4 cm³/mol. The Kier molecular flexibility index (Phi) is 4.73. The van der Waals surface area contributed by atoms with Gasteiger partial charge in [-0.3, -0.25) is 14.9 Å². The highest BCUT2D eigenvalue weighted by molar-refractivity contribution is 6.29. The van der Waals surface area contributed by atoms with E-state index in [4.69, 9.17) is 26.2 Å². The number of carbonyl (C=O) groups is 1. The summed E-state index contributed by atoms with van der Waals surface area (Å²) in [4.78, 5) is 20.5. The molecular formula is C10H10ClNO6. The van der Waals surface area contributed by atoms with Crippen LogP contribution in [0.15, 0.2) is 18.2 Å². The number of carboxylic acids is 1. The van der Waals surface area contributed by atoms with Crippen LogP contribution in [-0.2, 0) is 4.79 Å². The van der Waals surface area contributed by atoms with E-state index in [0.29, 0.717) is 0 Å². The van der Waals surface area contributed by atoms with Gasteiger partial charge in [-0.05, 0) is 6.07 Å². The van der Waals surface area contributed by atoms with Crippen molar-refractivity contribution in [2.75, 3.05) is 13.7 Å². The summed E-state index contributed by atoms with van der Waals surface area (Å²) < 4.78 is 10.0. The second-order valence-corrected chi connectivity index (χ2v) is 3.74. The minimum Gasteiger partial charge on any atom is -0.493 e. The van der Waals surface area contributed by atoms with Crippen molar-refractivity contribution < 1.29 is 24.3 Å². The molecule has 0 bridgehead atoms. The number of rotatable bonds is 6. The molecule has 1 aromatic carbocycles. The monoisotopic (exact) mass is 275 g/mol. The number of nitro benzene ring substituents is 1. The third-order valence-electron chi connectivity index (χ3n) is 2.01. The first-order chi connectivity index (χ1) is 8.45. The number of aliphatic carboxylic acids is 1. The number of carboxylic acid groups (broad SMARTS) is 1. The van der Waals surface area contributed by atoms with Crippen LogP contribution in [0.4, 0.5) is 5.69 Å². The fourth-order valence-corrected chi connectivity index (χ4v) is 1.19. The molecule has 18 heavy (non-hydrogen) atoms. The zero-order valence-corrected chi connectivity index (χ0v) is 10.1. The van der Waals surface area contributed by atoms with E-state index in [1.807, 2.05) is 0 Å². The molecule has 1 unspecified atom stereocenters. The van der Waals surface area contributed by atoms with Gasteiger partial charge in [-0.2, -0.15) is 0 Å². The zero-order chi connectivity index (χ0) is 13.7. The van der Waals surface area contributed by atoms with Crippen LogP contribution in [0.25, 0.3) is 0 Å². The SMILES string of the molecule is COc1ccc([N+](=O)[O-])cc1OCC(Cl)C(=O)O. The maximum atomic E-state index is 10.6. The van der Waals surface area contributed by atoms with Gasteiger partial charge < -0.3 is 14.6 Å². The van der Waals surface area contributed by atoms with Gasteiger partial charge in [0.15, 0.2) is 16.9 Å². The first-order valence-corrected chi connectivity index (χ1v) is 5.21. The molecule has 0 amide bonds. The molecule has 0 aliphatic carbocycles. The molecule has 1 atom stereocenters. The smallest absolute Gasteiger partial charge is 0.325 e. The van der Waals surface area contributed by atoms with Gasteiger partial charge in [0.05, 0.1) is 18.1 Å². The van der Waals surface area contributed by atoms with Gasteiger partial charge in [-0.15, -0.1) is 11.6 Å². The lowest BCUT2D eigenvalue weighted by Gasteiger charge is -2.11. The summed E-state index contributed by atoms with van der Waals surface area (Å²) in [5.74, 6) is -0.908. The molecule has 0 aliphatic rings. The average Bonchev–Trinajstić information content (AvgIpc) is 2.35. The maximum Gasteiger partial charge on any atom is 0.325 e. The molecule has 1 rings (SSSR count). The Morgan fingerprint density at radius 1 is 1.56 bits per heavy atom. The lowest BCUT2D eigenvalue weighted by atomic mass is 10.3. The van der Waals surface area contributed by atoms with E-state index in [-0.39, 0.29) is 23.8 Å². The molecule has 0 saturated carbocycles. The van der Waals surface area contributed by atoms with E-state index in [2.05, 4.69) is 0 Å². The summed E-state index contributed by atoms with van der Waals surface area (Å²) in [6.07, 6.45) is 0. The van der Waals surface area contributed by atoms with E-state index in [1.165, 1.54) is 19.2 Å². The Labute approximate surface area is 107 Å². The molecular weight excluding hydrogens is 266 g/mol. The summed E-state index contributed by atoms with van der Waals surface area (Å²) in [6.45, 7) is -0.325. The molecule has 0 radical (unpaired) electrons. The van der Waals surface area contributed by atoms with Gasteiger partial charge in [-0.25, -0.2) is 0 Å². The molecule has 0 heterocycles. The summed E-state index contributed by atoms with van der Waals surface area (Å²) in [5, 5.41) is 17.9. The second kappa shape index (κ2) is 6.06. The first-order valence-electron chi connectivity index (χ1n) is 4.77. The molecule has 0 fully saturated rings. The van der Waals surface area contributed by atoms with Crippen molar-refractivity contribution in [3.63, 3.8) is 0 Å². The molecule has 0 aliphatic heterocycles. The first kappa shape index (κ1) is 14.0. The number of hydrogen-bond acceptors (Lipinski definition) is 5. The Hall–Kier alpha value is -2.02. The predicted octanol–water partition coefficient (Wildman–Crippen LogP) is 1.67. The number of hydrogen-bond donors (Lipinski definition) is 1. The molecule has 0 saturated heterocycles. The highest BCUT2D eigenvalue weighted by Crippen LogP contribution is 2.31. The van der Waals surface area contributed by atoms with E-state index in [1.54, 1.807) is 0 Å². The fraction of sp³-hybridized carbons (Fsp3) is 0.300. The van der Waals surface area contributed by atoms with Crippen LogP contribution in [0.2, 0.25) is 0 Å². The van der Waals surface area contributed by atoms with Crippen LogP contribution in [0.1, 0.15) is 0 Å². The quantitative estimate of drug-likeness (QED) is 0.482. The Bertz CT molecular complexity index is 464. The van der Waals surface area contributed by atoms with Crippen molar-refractivity contribution in [2.45, 2.75) is 5.38 Å². The van der Waals surface area contributed by atoms with Crippen molar-refractivity contribution in [3.05, 3.63) is 28.3 Å². The third-order valence-corrected chi connectivity index (χ3v) is 2.32. The molecule has 98 valence electrons. The second-order valence-electron chi connectivity index (χ2n) is 3.21. The Morgan fingerprint density at radius 2 is 2.22 bits per heavy atom. The highest BCUT2D eigenvalue weighted by Gasteiger charge is 2.17. The molecule has 1 aromatic rings. The Balaban J connectivity index is 2.88. The number of nitrogens with zero attached hydrogens (tertiary/aromatic N) is 1. The molecule has 0 spiro atoms. The topological polar surface area (TPSA) is 98.9 Å². The van der Waals surface area contributed by atoms with E-state index >= 15 is 0 Å². The van der Waals surface area contributed by atoms with Crippen LogP contribution >= 0.6 is 11.6 Å². The fourth-order valence-electron chi connectivity index (χ4n) is 1.13. The van der Waals surface area contributed by atoms with Crippen LogP contribution in [0.5, 0.6) is 11.5 Å². The summed E-state index contributed by atoms with van der Waals surface area (Å²) >= 11 is 5.46. The number of alkyl halides is 1. The lowest BCUT2D eigenvalue weighted by molar-refractivity contribution is -0.385. The summed E-state index contributed by atoms with van der Waals surface area (Å²) in [7, 11) is 1.36. The van der Waals surface area contributed by atoms with Gasteiger partial charge in [0, 0.05) is 6.07 Å². The van der Waals surface area contributed by atoms with Crippen molar-refractivity contribution >= 4 is 23.3 Å². The number of methoxy groups -OCH3 is 1. The largest absolute Gasteiger partial charge is 0.493 e. The maximum absolute atomic E-state index is 10.6. The highest BCUT2D eigenvalue weighted by atomic mass is 35.5. The standard InChI is InChI=1S/C10H10ClNO6/c1-17-8-3-2-6(12(15)16)4-9(8)18-5-7(11)10(13)14/h2-4,7H,5H2,1H3,(H,13,14). The molecule has 1 N–H and O–H groups in total. The van der Waals surface area contributed by atoms with Gasteiger partial charge in [-0.1, -0.05) is 0 Å². The minimum absolute atomic E-state index is 0.0681. The molecule has 8 heteroatoms. The Morgan fingerprint density at radius 3 is 2.72 bits per heavy atom. The van der Waals surface area contributed by atoms with E-state index in [9.17, 15) is 14.9 Å². The minimum atomic E-state index is -1.24. The molecule has 7 nitrogen and oxygen atoms in total. The van der Waals surface area contributed by atoms with Gasteiger partial charge in [0.2, 0.25) is 0 Å². The number of halogens is 1. The number of non-ortho nitro benzene ring substituents is 1. The third kappa shape index (κ3) is 3.49.